The van der Waals surface area contributed by atoms with E-state index < -0.39 is 6.09 Å². The third kappa shape index (κ3) is 2.26. The molecule has 3 rings (SSSR count). The molecule has 0 radical (unpaired) electrons. The summed E-state index contributed by atoms with van der Waals surface area (Å²) >= 11 is 0. The van der Waals surface area contributed by atoms with Crippen LogP contribution in [0.4, 0.5) is 10.5 Å². The van der Waals surface area contributed by atoms with Crippen LogP contribution in [0.1, 0.15) is 31.5 Å². The van der Waals surface area contributed by atoms with E-state index in [1.807, 2.05) is 6.07 Å². The van der Waals surface area contributed by atoms with Gasteiger partial charge in [-0.05, 0) is 24.8 Å². The SMILES string of the molecule is COc1ccc2c(n1)[C@H](NC(=O)O)[C@H](C)[C@@H](C1CC1)N2. The van der Waals surface area contributed by atoms with Crippen molar-refractivity contribution in [1.29, 1.82) is 0 Å². The van der Waals surface area contributed by atoms with E-state index in [0.717, 1.165) is 11.4 Å². The van der Waals surface area contributed by atoms with Gasteiger partial charge in [-0.15, -0.1) is 0 Å². The Balaban J connectivity index is 1.98. The van der Waals surface area contributed by atoms with Crippen molar-refractivity contribution in [3.05, 3.63) is 17.8 Å². The molecule has 0 spiro atoms. The molecular weight excluding hydrogens is 258 g/mol. The molecule has 3 atom stereocenters. The number of carbonyl (C=O) groups is 1. The van der Waals surface area contributed by atoms with Gasteiger partial charge in [0.15, 0.2) is 0 Å². The minimum absolute atomic E-state index is 0.158. The van der Waals surface area contributed by atoms with E-state index in [1.165, 1.54) is 12.8 Å². The molecule has 20 heavy (non-hydrogen) atoms. The van der Waals surface area contributed by atoms with Gasteiger partial charge < -0.3 is 20.5 Å². The van der Waals surface area contributed by atoms with E-state index in [-0.39, 0.29) is 12.0 Å². The zero-order valence-electron chi connectivity index (χ0n) is 11.6. The van der Waals surface area contributed by atoms with Crippen LogP contribution < -0.4 is 15.4 Å². The molecule has 6 heteroatoms. The van der Waals surface area contributed by atoms with Gasteiger partial charge in [-0.3, -0.25) is 0 Å². The molecule has 0 bridgehead atoms. The average molecular weight is 277 g/mol. The summed E-state index contributed by atoms with van der Waals surface area (Å²) in [5, 5.41) is 15.2. The first-order chi connectivity index (χ1) is 9.60. The van der Waals surface area contributed by atoms with E-state index in [1.54, 1.807) is 13.2 Å². The van der Waals surface area contributed by atoms with Gasteiger partial charge in [0.05, 0.1) is 24.5 Å². The van der Waals surface area contributed by atoms with Gasteiger partial charge in [-0.2, -0.15) is 0 Å². The van der Waals surface area contributed by atoms with Crippen molar-refractivity contribution < 1.29 is 14.6 Å². The molecule has 0 saturated heterocycles. The zero-order valence-corrected chi connectivity index (χ0v) is 11.6. The van der Waals surface area contributed by atoms with Crippen LogP contribution in [-0.4, -0.2) is 29.3 Å². The van der Waals surface area contributed by atoms with Crippen LogP contribution in [0.25, 0.3) is 0 Å². The molecule has 1 saturated carbocycles. The lowest BCUT2D eigenvalue weighted by Gasteiger charge is -2.38. The quantitative estimate of drug-likeness (QED) is 0.789. The number of ether oxygens (including phenoxy) is 1. The fraction of sp³-hybridized carbons (Fsp3) is 0.571. The van der Waals surface area contributed by atoms with Crippen molar-refractivity contribution >= 4 is 11.8 Å². The molecule has 2 heterocycles. The van der Waals surface area contributed by atoms with E-state index in [0.29, 0.717) is 17.8 Å². The van der Waals surface area contributed by atoms with Crippen LogP contribution in [0.15, 0.2) is 12.1 Å². The topological polar surface area (TPSA) is 83.5 Å². The lowest BCUT2D eigenvalue weighted by molar-refractivity contribution is 0.180. The Hall–Kier alpha value is -1.98. The van der Waals surface area contributed by atoms with Gasteiger partial charge in [0.2, 0.25) is 5.88 Å². The third-order valence-electron chi connectivity index (χ3n) is 4.23. The highest BCUT2D eigenvalue weighted by atomic mass is 16.5. The molecule has 6 nitrogen and oxygen atoms in total. The maximum absolute atomic E-state index is 11.1. The van der Waals surface area contributed by atoms with Crippen molar-refractivity contribution in [3.63, 3.8) is 0 Å². The Bertz CT molecular complexity index is 530. The van der Waals surface area contributed by atoms with Crippen LogP contribution in [0.5, 0.6) is 5.88 Å². The van der Waals surface area contributed by atoms with Crippen molar-refractivity contribution in [1.82, 2.24) is 10.3 Å². The third-order valence-corrected chi connectivity index (χ3v) is 4.23. The maximum Gasteiger partial charge on any atom is 0.405 e. The Kier molecular flexibility index (Phi) is 3.16. The molecule has 108 valence electrons. The normalized spacial score (nSPS) is 28.2. The predicted octanol–water partition coefficient (Wildman–Crippen LogP) is 2.24. The van der Waals surface area contributed by atoms with E-state index in [4.69, 9.17) is 9.84 Å². The number of carboxylic acid groups (broad SMARTS) is 1. The standard InChI is InChI=1S/C14H19N3O3/c1-7-11(8-3-4-8)15-9-5-6-10(20-2)16-13(9)12(7)17-14(18)19/h5-8,11-12,15,17H,3-4H2,1-2H3,(H,18,19)/t7-,11+,12-/m1/s1. The molecule has 1 aliphatic heterocycles. The summed E-state index contributed by atoms with van der Waals surface area (Å²) in [5.41, 5.74) is 1.62. The van der Waals surface area contributed by atoms with Crippen molar-refractivity contribution in [2.45, 2.75) is 31.8 Å². The first kappa shape index (κ1) is 13.0. The van der Waals surface area contributed by atoms with Crippen molar-refractivity contribution in [3.8, 4) is 5.88 Å². The van der Waals surface area contributed by atoms with Crippen LogP contribution in [0.3, 0.4) is 0 Å². The fourth-order valence-electron chi connectivity index (χ4n) is 3.03. The first-order valence-corrected chi connectivity index (χ1v) is 6.91. The number of aromatic nitrogens is 1. The second kappa shape index (κ2) is 4.85. The molecule has 1 aromatic rings. The Morgan fingerprint density at radius 2 is 2.25 bits per heavy atom. The minimum atomic E-state index is -1.02. The molecule has 1 amide bonds. The summed E-state index contributed by atoms with van der Waals surface area (Å²) in [6.07, 6.45) is 1.40. The monoisotopic (exact) mass is 277 g/mol. The summed E-state index contributed by atoms with van der Waals surface area (Å²) in [6.45, 7) is 2.07. The Morgan fingerprint density at radius 1 is 1.50 bits per heavy atom. The summed E-state index contributed by atoms with van der Waals surface area (Å²) in [7, 11) is 1.56. The molecule has 1 aromatic heterocycles. The highest BCUT2D eigenvalue weighted by Crippen LogP contribution is 2.45. The van der Waals surface area contributed by atoms with Crippen LogP contribution in [0.2, 0.25) is 0 Å². The molecule has 2 aliphatic rings. The van der Waals surface area contributed by atoms with Crippen molar-refractivity contribution in [2.75, 3.05) is 12.4 Å². The van der Waals surface area contributed by atoms with E-state index in [2.05, 4.69) is 22.5 Å². The Morgan fingerprint density at radius 3 is 2.85 bits per heavy atom. The number of fused-ring (bicyclic) bond motifs is 1. The fourth-order valence-corrected chi connectivity index (χ4v) is 3.03. The Labute approximate surface area is 117 Å². The summed E-state index contributed by atoms with van der Waals surface area (Å²) < 4.78 is 5.14. The second-order valence-electron chi connectivity index (χ2n) is 5.58. The van der Waals surface area contributed by atoms with E-state index >= 15 is 0 Å². The first-order valence-electron chi connectivity index (χ1n) is 6.91. The number of methoxy groups -OCH3 is 1. The molecule has 0 aromatic carbocycles. The van der Waals surface area contributed by atoms with E-state index in [9.17, 15) is 4.79 Å². The summed E-state index contributed by atoms with van der Waals surface area (Å²) in [6, 6.07) is 3.71. The number of rotatable bonds is 3. The van der Waals surface area contributed by atoms with Crippen molar-refractivity contribution in [2.24, 2.45) is 11.8 Å². The maximum atomic E-state index is 11.1. The largest absolute Gasteiger partial charge is 0.481 e. The predicted molar refractivity (Wildman–Crippen MR) is 74.0 cm³/mol. The van der Waals surface area contributed by atoms with Gasteiger partial charge >= 0.3 is 6.09 Å². The highest BCUT2D eigenvalue weighted by Gasteiger charge is 2.43. The smallest absolute Gasteiger partial charge is 0.405 e. The number of nitrogens with one attached hydrogen (secondary N) is 2. The van der Waals surface area contributed by atoms with Gasteiger partial charge in [0.1, 0.15) is 0 Å². The lowest BCUT2D eigenvalue weighted by atomic mass is 9.84. The second-order valence-corrected chi connectivity index (χ2v) is 5.58. The van der Waals surface area contributed by atoms with Gasteiger partial charge in [0.25, 0.3) is 0 Å². The van der Waals surface area contributed by atoms with Crippen LogP contribution in [0, 0.1) is 11.8 Å². The molecule has 0 unspecified atom stereocenters. The van der Waals surface area contributed by atoms with Crippen LogP contribution >= 0.6 is 0 Å². The summed E-state index contributed by atoms with van der Waals surface area (Å²) in [4.78, 5) is 15.5. The number of nitrogens with zero attached hydrogens (tertiary/aromatic N) is 1. The number of pyridine rings is 1. The number of amides is 1. The molecule has 1 fully saturated rings. The van der Waals surface area contributed by atoms with Gasteiger partial charge in [-0.25, -0.2) is 9.78 Å². The molecule has 1 aliphatic carbocycles. The van der Waals surface area contributed by atoms with Gasteiger partial charge in [-0.1, -0.05) is 6.92 Å². The van der Waals surface area contributed by atoms with Gasteiger partial charge in [0, 0.05) is 18.0 Å². The molecule has 3 N–H and O–H groups in total. The lowest BCUT2D eigenvalue weighted by Crippen LogP contribution is -2.45. The highest BCUT2D eigenvalue weighted by molar-refractivity contribution is 5.67. The van der Waals surface area contributed by atoms with Crippen LogP contribution in [-0.2, 0) is 0 Å². The minimum Gasteiger partial charge on any atom is -0.481 e. The average Bonchev–Trinajstić information content (AvgIpc) is 3.25. The number of anilines is 1. The zero-order chi connectivity index (χ0) is 14.3. The summed E-state index contributed by atoms with van der Waals surface area (Å²) in [5.74, 6) is 1.30. The number of hydrogen-bond acceptors (Lipinski definition) is 4. The molecular formula is C14H19N3O3. The number of hydrogen-bond donors (Lipinski definition) is 3.